The van der Waals surface area contributed by atoms with E-state index in [-0.39, 0.29) is 0 Å². The second-order valence-electron chi connectivity index (χ2n) is 2.93. The summed E-state index contributed by atoms with van der Waals surface area (Å²) in [6, 6.07) is 3.38. The van der Waals surface area contributed by atoms with E-state index in [0.29, 0.717) is 16.2 Å². The number of benzene rings is 1. The van der Waals surface area contributed by atoms with Crippen LogP contribution in [0.25, 0.3) is 10.1 Å². The topological polar surface area (TPSA) is 66.5 Å². The molecule has 72 valence electrons. The molecule has 3 nitrogen and oxygen atoms in total. The molecule has 0 unspecified atom stereocenters. The van der Waals surface area contributed by atoms with Crippen LogP contribution in [0.4, 0.5) is 5.69 Å². The van der Waals surface area contributed by atoms with Crippen LogP contribution >= 0.6 is 22.9 Å². The number of thiophene rings is 1. The molecule has 0 saturated heterocycles. The minimum Gasteiger partial charge on any atom is -0.423 e. The highest BCUT2D eigenvalue weighted by atomic mass is 35.5. The zero-order chi connectivity index (χ0) is 10.3. The van der Waals surface area contributed by atoms with Gasteiger partial charge in [-0.25, -0.2) is 0 Å². The minimum atomic E-state index is -1.47. The fourth-order valence-electron chi connectivity index (χ4n) is 1.28. The molecule has 0 spiro atoms. The number of hydrogen-bond acceptors (Lipinski definition) is 4. The van der Waals surface area contributed by atoms with Crippen LogP contribution in [0, 0.1) is 0 Å². The number of fused-ring (bicyclic) bond motifs is 1. The molecule has 14 heavy (non-hydrogen) atoms. The third-order valence-electron chi connectivity index (χ3n) is 2.00. The molecule has 1 aromatic carbocycles. The smallest absolute Gasteiger partial charge is 0.423 e. The summed E-state index contributed by atoms with van der Waals surface area (Å²) in [5, 5.41) is 21.0. The van der Waals surface area contributed by atoms with Crippen molar-refractivity contribution in [1.29, 1.82) is 0 Å². The number of rotatable bonds is 1. The molecule has 0 aliphatic heterocycles. The first-order valence-electron chi connectivity index (χ1n) is 3.92. The van der Waals surface area contributed by atoms with Crippen molar-refractivity contribution >= 4 is 51.3 Å². The third-order valence-corrected chi connectivity index (χ3v) is 3.29. The van der Waals surface area contributed by atoms with Gasteiger partial charge in [-0.05, 0) is 22.9 Å². The largest absolute Gasteiger partial charge is 0.489 e. The Morgan fingerprint density at radius 3 is 2.71 bits per heavy atom. The molecule has 0 fully saturated rings. The van der Waals surface area contributed by atoms with Gasteiger partial charge in [0.15, 0.2) is 0 Å². The van der Waals surface area contributed by atoms with Crippen LogP contribution in [0.5, 0.6) is 0 Å². The molecule has 0 atom stereocenters. The van der Waals surface area contributed by atoms with Gasteiger partial charge in [-0.3, -0.25) is 0 Å². The van der Waals surface area contributed by atoms with Crippen LogP contribution in [0.3, 0.4) is 0 Å². The Morgan fingerprint density at radius 1 is 1.36 bits per heavy atom. The van der Waals surface area contributed by atoms with E-state index in [1.165, 1.54) is 11.3 Å². The molecule has 4 N–H and O–H groups in total. The predicted octanol–water partition coefficient (Wildman–Crippen LogP) is 0.817. The minimum absolute atomic E-state index is 0.429. The SMILES string of the molecule is Nc1cc2scc(B(O)O)c2cc1Cl. The highest BCUT2D eigenvalue weighted by molar-refractivity contribution is 7.18. The summed E-state index contributed by atoms with van der Waals surface area (Å²) in [6.07, 6.45) is 0. The lowest BCUT2D eigenvalue weighted by molar-refractivity contribution is 0.426. The maximum atomic E-state index is 9.06. The molecule has 2 rings (SSSR count). The summed E-state index contributed by atoms with van der Waals surface area (Å²) >= 11 is 7.24. The lowest BCUT2D eigenvalue weighted by atomic mass is 9.80. The number of anilines is 1. The first-order chi connectivity index (χ1) is 6.59. The fraction of sp³-hybridized carbons (Fsp3) is 0. The maximum absolute atomic E-state index is 9.06. The highest BCUT2D eigenvalue weighted by Crippen LogP contribution is 2.28. The van der Waals surface area contributed by atoms with Gasteiger partial charge in [0.2, 0.25) is 0 Å². The van der Waals surface area contributed by atoms with Gasteiger partial charge in [0, 0.05) is 10.2 Å². The Bertz CT molecular complexity index is 485. The summed E-state index contributed by atoms with van der Waals surface area (Å²) in [6.45, 7) is 0. The zero-order valence-corrected chi connectivity index (χ0v) is 8.64. The lowest BCUT2D eigenvalue weighted by Gasteiger charge is -2.00. The first kappa shape index (κ1) is 9.80. The average molecular weight is 227 g/mol. The molecule has 0 saturated carbocycles. The summed E-state index contributed by atoms with van der Waals surface area (Å²) < 4.78 is 0.898. The van der Waals surface area contributed by atoms with Crippen molar-refractivity contribution < 1.29 is 10.0 Å². The van der Waals surface area contributed by atoms with Crippen LogP contribution in [0.1, 0.15) is 0 Å². The Kier molecular flexibility index (Phi) is 2.40. The molecule has 2 aromatic rings. The Hall–Kier alpha value is -0.745. The number of nitrogen functional groups attached to an aromatic ring is 1. The van der Waals surface area contributed by atoms with Crippen LogP contribution in [-0.4, -0.2) is 17.2 Å². The lowest BCUT2D eigenvalue weighted by Crippen LogP contribution is -2.28. The molecule has 0 bridgehead atoms. The van der Waals surface area contributed by atoms with Gasteiger partial charge in [-0.2, -0.15) is 0 Å². The van der Waals surface area contributed by atoms with Crippen molar-refractivity contribution in [2.45, 2.75) is 0 Å². The van der Waals surface area contributed by atoms with Crippen molar-refractivity contribution in [3.8, 4) is 0 Å². The molecule has 0 aliphatic carbocycles. The molecule has 6 heteroatoms. The van der Waals surface area contributed by atoms with Gasteiger partial charge < -0.3 is 15.8 Å². The van der Waals surface area contributed by atoms with Gasteiger partial charge in [0.1, 0.15) is 0 Å². The molecule has 0 amide bonds. The first-order valence-corrected chi connectivity index (χ1v) is 5.17. The van der Waals surface area contributed by atoms with Gasteiger partial charge >= 0.3 is 7.12 Å². The summed E-state index contributed by atoms with van der Waals surface area (Å²) in [7, 11) is -1.47. The van der Waals surface area contributed by atoms with Gasteiger partial charge in [0.05, 0.1) is 10.7 Å². The Morgan fingerprint density at radius 2 is 2.07 bits per heavy atom. The van der Waals surface area contributed by atoms with E-state index in [0.717, 1.165) is 10.1 Å². The van der Waals surface area contributed by atoms with E-state index in [1.807, 2.05) is 0 Å². The van der Waals surface area contributed by atoms with E-state index >= 15 is 0 Å². The highest BCUT2D eigenvalue weighted by Gasteiger charge is 2.17. The van der Waals surface area contributed by atoms with Crippen LogP contribution in [0.2, 0.25) is 5.02 Å². The predicted molar refractivity (Wildman–Crippen MR) is 61.1 cm³/mol. The number of halogens is 1. The van der Waals surface area contributed by atoms with E-state index in [4.69, 9.17) is 27.4 Å². The van der Waals surface area contributed by atoms with Crippen LogP contribution < -0.4 is 11.2 Å². The Labute approximate surface area is 89.9 Å². The molecule has 0 aliphatic rings. The van der Waals surface area contributed by atoms with Crippen molar-refractivity contribution in [2.24, 2.45) is 0 Å². The molecule has 0 radical (unpaired) electrons. The fourth-order valence-corrected chi connectivity index (χ4v) is 2.45. The number of hydrogen-bond donors (Lipinski definition) is 3. The zero-order valence-electron chi connectivity index (χ0n) is 7.07. The normalized spacial score (nSPS) is 10.8. The quantitative estimate of drug-likeness (QED) is 0.499. The van der Waals surface area contributed by atoms with Crippen LogP contribution in [0.15, 0.2) is 17.5 Å². The summed E-state index contributed by atoms with van der Waals surface area (Å²) in [4.78, 5) is 0. The maximum Gasteiger partial charge on any atom is 0.489 e. The van der Waals surface area contributed by atoms with E-state index in [9.17, 15) is 0 Å². The van der Waals surface area contributed by atoms with Gasteiger partial charge in [0.25, 0.3) is 0 Å². The monoisotopic (exact) mass is 227 g/mol. The van der Waals surface area contributed by atoms with E-state index in [2.05, 4.69) is 0 Å². The van der Waals surface area contributed by atoms with Crippen molar-refractivity contribution in [3.63, 3.8) is 0 Å². The molecule has 1 aromatic heterocycles. The van der Waals surface area contributed by atoms with E-state index < -0.39 is 7.12 Å². The van der Waals surface area contributed by atoms with Crippen molar-refractivity contribution in [2.75, 3.05) is 5.73 Å². The van der Waals surface area contributed by atoms with Gasteiger partial charge in [-0.1, -0.05) is 11.6 Å². The van der Waals surface area contributed by atoms with Crippen molar-refractivity contribution in [3.05, 3.63) is 22.5 Å². The van der Waals surface area contributed by atoms with E-state index in [1.54, 1.807) is 17.5 Å². The van der Waals surface area contributed by atoms with Crippen LogP contribution in [-0.2, 0) is 0 Å². The standard InChI is InChI=1S/C8H7BClNO2S/c10-6-1-4-5(9(12)13)3-14-8(4)2-7(6)11/h1-3,12-13H,11H2. The third kappa shape index (κ3) is 1.48. The molecular weight excluding hydrogens is 220 g/mol. The molecule has 1 heterocycles. The van der Waals surface area contributed by atoms with Gasteiger partial charge in [-0.15, -0.1) is 11.3 Å². The average Bonchev–Trinajstić information content (AvgIpc) is 2.48. The molecular formula is C8H7BClNO2S. The second-order valence-corrected chi connectivity index (χ2v) is 4.25. The van der Waals surface area contributed by atoms with Crippen molar-refractivity contribution in [1.82, 2.24) is 0 Å². The second kappa shape index (κ2) is 3.44. The number of nitrogens with two attached hydrogens (primary N) is 1. The Balaban J connectivity index is 2.74. The summed E-state index contributed by atoms with van der Waals surface area (Å²) in [5.41, 5.74) is 6.59. The summed E-state index contributed by atoms with van der Waals surface area (Å²) in [5.74, 6) is 0.